The van der Waals surface area contributed by atoms with Gasteiger partial charge in [0.05, 0.1) is 16.9 Å². The van der Waals surface area contributed by atoms with Crippen LogP contribution in [0.15, 0.2) is 54.9 Å². The van der Waals surface area contributed by atoms with Gasteiger partial charge in [-0.05, 0) is 92.3 Å². The molecule has 2 saturated carbocycles. The quantitative estimate of drug-likeness (QED) is 0.225. The molecule has 1 aliphatic heterocycles. The van der Waals surface area contributed by atoms with Crippen molar-refractivity contribution in [2.45, 2.75) is 52.0 Å². The van der Waals surface area contributed by atoms with Crippen molar-refractivity contribution in [2.24, 2.45) is 17.3 Å². The Bertz CT molecular complexity index is 1670. The van der Waals surface area contributed by atoms with Crippen molar-refractivity contribution in [3.05, 3.63) is 66.2 Å². The molecule has 8 nitrogen and oxygen atoms in total. The first-order valence-electron chi connectivity index (χ1n) is 14.8. The number of nitrogens with one attached hydrogen (secondary N) is 3. The molecule has 7 rings (SSSR count). The van der Waals surface area contributed by atoms with Gasteiger partial charge < -0.3 is 20.7 Å². The van der Waals surface area contributed by atoms with Crippen LogP contribution in [0.5, 0.6) is 11.6 Å². The van der Waals surface area contributed by atoms with E-state index >= 15 is 4.39 Å². The third-order valence-corrected chi connectivity index (χ3v) is 9.05. The number of aromatic nitrogens is 3. The molecule has 9 heteroatoms. The minimum absolute atomic E-state index is 0.142. The number of fused-ring (bicyclic) bond motifs is 1. The van der Waals surface area contributed by atoms with E-state index in [4.69, 9.17) is 9.72 Å². The maximum atomic E-state index is 15.1. The van der Waals surface area contributed by atoms with E-state index in [0.717, 1.165) is 31.5 Å². The number of amides is 1. The summed E-state index contributed by atoms with van der Waals surface area (Å²) in [4.78, 5) is 26.6. The Labute approximate surface area is 244 Å². The van der Waals surface area contributed by atoms with Gasteiger partial charge in [0.2, 0.25) is 17.7 Å². The Morgan fingerprint density at radius 3 is 2.76 bits per heavy atom. The smallest absolute Gasteiger partial charge is 0.228 e. The highest BCUT2D eigenvalue weighted by Crippen LogP contribution is 2.71. The predicted molar refractivity (Wildman–Crippen MR) is 161 cm³/mol. The lowest BCUT2D eigenvalue weighted by Gasteiger charge is -2.28. The molecule has 216 valence electrons. The first-order valence-corrected chi connectivity index (χ1v) is 14.8. The van der Waals surface area contributed by atoms with E-state index in [1.54, 1.807) is 18.5 Å². The van der Waals surface area contributed by atoms with E-state index in [0.29, 0.717) is 63.3 Å². The average Bonchev–Trinajstić information content (AvgIpc) is 3.90. The number of hydrogen-bond acceptors (Lipinski definition) is 7. The number of ether oxygens (including phenoxy) is 1. The van der Waals surface area contributed by atoms with Gasteiger partial charge in [-0.2, -0.15) is 0 Å². The summed E-state index contributed by atoms with van der Waals surface area (Å²) in [6.45, 7) is 6.05. The highest BCUT2D eigenvalue weighted by molar-refractivity contribution is 6.05. The Morgan fingerprint density at radius 2 is 1.95 bits per heavy atom. The lowest BCUT2D eigenvalue weighted by atomic mass is 9.98. The van der Waals surface area contributed by atoms with Crippen LogP contribution in [0.3, 0.4) is 0 Å². The maximum Gasteiger partial charge on any atom is 0.228 e. The number of anilines is 2. The van der Waals surface area contributed by atoms with Gasteiger partial charge in [-0.3, -0.25) is 4.79 Å². The molecular formula is C33H35FN6O2. The topological polar surface area (TPSA) is 101 Å². The lowest BCUT2D eigenvalue weighted by molar-refractivity contribution is -0.116. The van der Waals surface area contributed by atoms with Gasteiger partial charge in [0.15, 0.2) is 0 Å². The van der Waals surface area contributed by atoms with Crippen molar-refractivity contribution < 1.29 is 13.9 Å². The minimum Gasteiger partial charge on any atom is -0.437 e. The Hall–Kier alpha value is -4.11. The van der Waals surface area contributed by atoms with Crippen LogP contribution in [0, 0.1) is 30.0 Å². The molecule has 3 aliphatic rings. The zero-order valence-corrected chi connectivity index (χ0v) is 23.9. The number of rotatable bonds is 8. The van der Waals surface area contributed by atoms with Gasteiger partial charge in [-0.1, -0.05) is 19.1 Å². The summed E-state index contributed by atoms with van der Waals surface area (Å²) < 4.78 is 21.6. The molecule has 1 spiro atoms. The molecule has 3 fully saturated rings. The fourth-order valence-electron chi connectivity index (χ4n) is 6.42. The molecule has 3 atom stereocenters. The van der Waals surface area contributed by atoms with Crippen LogP contribution in [0.1, 0.15) is 44.6 Å². The summed E-state index contributed by atoms with van der Waals surface area (Å²) in [7, 11) is 0. The number of hydrogen-bond donors (Lipinski definition) is 3. The van der Waals surface area contributed by atoms with Crippen LogP contribution in [0.2, 0.25) is 0 Å². The van der Waals surface area contributed by atoms with Gasteiger partial charge in [0, 0.05) is 42.2 Å². The molecule has 1 amide bonds. The van der Waals surface area contributed by atoms with Gasteiger partial charge in [0.25, 0.3) is 0 Å². The summed E-state index contributed by atoms with van der Waals surface area (Å²) in [5, 5.41) is 11.0. The molecule has 0 unspecified atom stereocenters. The van der Waals surface area contributed by atoms with E-state index in [-0.39, 0.29) is 17.6 Å². The second-order valence-corrected chi connectivity index (χ2v) is 12.3. The number of benzene rings is 2. The second-order valence-electron chi connectivity index (χ2n) is 12.3. The van der Waals surface area contributed by atoms with E-state index in [9.17, 15) is 4.79 Å². The molecular weight excluding hydrogens is 531 g/mol. The van der Waals surface area contributed by atoms with Crippen molar-refractivity contribution >= 4 is 28.3 Å². The van der Waals surface area contributed by atoms with Crippen LogP contribution >= 0.6 is 0 Å². The zero-order valence-electron chi connectivity index (χ0n) is 23.9. The van der Waals surface area contributed by atoms with E-state index in [2.05, 4.69) is 32.8 Å². The van der Waals surface area contributed by atoms with Crippen LogP contribution in [0.25, 0.3) is 22.0 Å². The molecule has 0 radical (unpaired) electrons. The van der Waals surface area contributed by atoms with E-state index in [1.807, 2.05) is 37.3 Å². The predicted octanol–water partition coefficient (Wildman–Crippen LogP) is 6.47. The molecule has 42 heavy (non-hydrogen) atoms. The van der Waals surface area contributed by atoms with Crippen molar-refractivity contribution in [2.75, 3.05) is 23.7 Å². The van der Waals surface area contributed by atoms with Gasteiger partial charge in [-0.25, -0.2) is 19.3 Å². The number of pyridine rings is 1. The van der Waals surface area contributed by atoms with Crippen LogP contribution in [0.4, 0.5) is 16.0 Å². The number of carbonyl (C=O) groups excluding carboxylic acids is 1. The molecule has 2 aliphatic carbocycles. The number of nitrogens with zero attached hydrogens (tertiary/aromatic N) is 3. The highest BCUT2D eigenvalue weighted by Gasteiger charge is 2.62. The maximum absolute atomic E-state index is 15.1. The SMILES string of the molecule is Cc1ccc2c(NC(=O)C[C@H]3CC34CC4)c(F)ccc2c1Oc1ncccc1-c1ccnc(N[C@@H]2CNC[C@H](C)C2)n1. The fraction of sp³-hybridized carbons (Fsp3) is 0.394. The average molecular weight is 567 g/mol. The molecule has 0 bridgehead atoms. The third-order valence-electron chi connectivity index (χ3n) is 9.05. The van der Waals surface area contributed by atoms with E-state index < -0.39 is 5.82 Å². The molecule has 4 aromatic rings. The first kappa shape index (κ1) is 26.8. The first-order chi connectivity index (χ1) is 20.4. The Morgan fingerprint density at radius 1 is 1.10 bits per heavy atom. The van der Waals surface area contributed by atoms with Crippen LogP contribution in [-0.4, -0.2) is 40.0 Å². The highest BCUT2D eigenvalue weighted by atomic mass is 19.1. The molecule has 3 heterocycles. The number of aryl methyl sites for hydroxylation is 1. The summed E-state index contributed by atoms with van der Waals surface area (Å²) in [5.74, 6) is 1.89. The zero-order chi connectivity index (χ0) is 28.8. The summed E-state index contributed by atoms with van der Waals surface area (Å²) in [5.41, 5.74) is 2.85. The minimum atomic E-state index is -0.468. The monoisotopic (exact) mass is 566 g/mol. The van der Waals surface area contributed by atoms with Crippen LogP contribution in [-0.2, 0) is 4.79 Å². The van der Waals surface area contributed by atoms with Crippen molar-refractivity contribution in [3.8, 4) is 22.9 Å². The Balaban J connectivity index is 1.17. The molecule has 2 aromatic carbocycles. The molecule has 2 aromatic heterocycles. The van der Waals surface area contributed by atoms with Crippen molar-refractivity contribution in [1.82, 2.24) is 20.3 Å². The largest absolute Gasteiger partial charge is 0.437 e. The van der Waals surface area contributed by atoms with Crippen molar-refractivity contribution in [1.29, 1.82) is 0 Å². The summed E-state index contributed by atoms with van der Waals surface area (Å²) >= 11 is 0. The van der Waals surface area contributed by atoms with Crippen molar-refractivity contribution in [3.63, 3.8) is 0 Å². The molecule has 3 N–H and O–H groups in total. The normalized spacial score (nSPS) is 22.1. The number of halogens is 1. The van der Waals surface area contributed by atoms with E-state index in [1.165, 1.54) is 18.9 Å². The summed E-state index contributed by atoms with van der Waals surface area (Å²) in [6, 6.07) is 12.6. The van der Waals surface area contributed by atoms with Crippen LogP contribution < -0.4 is 20.7 Å². The lowest BCUT2D eigenvalue weighted by Crippen LogP contribution is -2.42. The Kier molecular flexibility index (Phi) is 6.77. The third kappa shape index (κ3) is 5.29. The second kappa shape index (κ2) is 10.6. The fourth-order valence-corrected chi connectivity index (χ4v) is 6.42. The number of piperidine rings is 1. The standard InChI is InChI=1S/C33H35FN6O2/c1-19-14-22(18-35-17-19)38-32-37-13-9-27(39-32)25-4-3-12-36-31(25)42-30-20(2)5-6-23-24(30)7-8-26(34)29(23)40-28(41)15-21-16-33(21)10-11-33/h3-9,12-13,19,21-22,35H,10-11,14-18H2,1-2H3,(H,40,41)(H,37,38,39)/t19-,21+,22+/m1/s1. The number of carbonyl (C=O) groups is 1. The summed E-state index contributed by atoms with van der Waals surface area (Å²) in [6.07, 6.45) is 8.43. The van der Waals surface area contributed by atoms with Gasteiger partial charge in [0.1, 0.15) is 11.6 Å². The van der Waals surface area contributed by atoms with Gasteiger partial charge >= 0.3 is 0 Å². The van der Waals surface area contributed by atoms with Gasteiger partial charge in [-0.15, -0.1) is 0 Å². The molecule has 1 saturated heterocycles.